The van der Waals surface area contributed by atoms with Gasteiger partial charge in [-0.25, -0.2) is 0 Å². The first-order valence-electron chi connectivity index (χ1n) is 6.78. The van der Waals surface area contributed by atoms with Crippen LogP contribution in [0.15, 0.2) is 40.9 Å². The summed E-state index contributed by atoms with van der Waals surface area (Å²) in [5.74, 6) is 2.19. The smallest absolute Gasteiger partial charge is 0.131 e. The molecule has 3 heteroatoms. The molecule has 2 aromatic carbocycles. The summed E-state index contributed by atoms with van der Waals surface area (Å²) < 4.78 is 6.98. The van der Waals surface area contributed by atoms with E-state index >= 15 is 0 Å². The zero-order valence-electron chi connectivity index (χ0n) is 12.1. The maximum Gasteiger partial charge on any atom is 0.131 e. The average Bonchev–Trinajstić information content (AvgIpc) is 2.40. The van der Waals surface area contributed by atoms with Crippen LogP contribution in [0.1, 0.15) is 36.5 Å². The predicted molar refractivity (Wildman–Crippen MR) is 87.4 cm³/mol. The molecule has 0 heterocycles. The summed E-state index contributed by atoms with van der Waals surface area (Å²) in [6.45, 7) is 6.97. The number of benzene rings is 2. The Morgan fingerprint density at radius 2 is 1.90 bits per heavy atom. The molecule has 0 aliphatic carbocycles. The fraction of sp³-hybridized carbons (Fsp3) is 0.294. The second-order valence-corrected chi connectivity index (χ2v) is 6.15. The summed E-state index contributed by atoms with van der Waals surface area (Å²) in [6, 6.07) is 12.1. The van der Waals surface area contributed by atoms with Gasteiger partial charge in [0, 0.05) is 16.6 Å². The van der Waals surface area contributed by atoms with Gasteiger partial charge in [-0.2, -0.15) is 0 Å². The second-order valence-electron chi connectivity index (χ2n) is 5.23. The number of nitrogens with two attached hydrogens (primary N) is 1. The Hall–Kier alpha value is -1.32. The van der Waals surface area contributed by atoms with E-state index in [-0.39, 0.29) is 0 Å². The van der Waals surface area contributed by atoms with Crippen LogP contribution in [0, 0.1) is 6.92 Å². The zero-order valence-corrected chi connectivity index (χ0v) is 13.7. The van der Waals surface area contributed by atoms with Gasteiger partial charge in [0.05, 0.1) is 0 Å². The Bertz CT molecular complexity index is 608. The van der Waals surface area contributed by atoms with Crippen molar-refractivity contribution in [2.45, 2.75) is 33.2 Å². The third-order valence-electron chi connectivity index (χ3n) is 3.33. The van der Waals surface area contributed by atoms with E-state index in [0.717, 1.165) is 21.5 Å². The molecule has 2 N–H and O–H groups in total. The van der Waals surface area contributed by atoms with Gasteiger partial charge in [-0.15, -0.1) is 0 Å². The van der Waals surface area contributed by atoms with Crippen LogP contribution in [-0.4, -0.2) is 0 Å². The molecule has 0 spiro atoms. The van der Waals surface area contributed by atoms with Gasteiger partial charge >= 0.3 is 0 Å². The van der Waals surface area contributed by atoms with Crippen LogP contribution >= 0.6 is 15.9 Å². The molecule has 2 aromatic rings. The molecule has 0 atom stereocenters. The van der Waals surface area contributed by atoms with Crippen LogP contribution in [0.4, 0.5) is 0 Å². The number of rotatable bonds is 4. The maximum absolute atomic E-state index is 5.97. The molecule has 2 nitrogen and oxygen atoms in total. The molecule has 0 saturated carbocycles. The first-order valence-corrected chi connectivity index (χ1v) is 7.57. The van der Waals surface area contributed by atoms with Crippen molar-refractivity contribution in [3.8, 4) is 11.5 Å². The summed E-state index contributed by atoms with van der Waals surface area (Å²) in [6.07, 6.45) is 0. The van der Waals surface area contributed by atoms with Crippen LogP contribution in [0.2, 0.25) is 0 Å². The van der Waals surface area contributed by atoms with E-state index in [2.05, 4.69) is 48.8 Å². The molecule has 0 radical (unpaired) electrons. The topological polar surface area (TPSA) is 35.2 Å². The lowest BCUT2D eigenvalue weighted by Gasteiger charge is -2.14. The number of halogens is 1. The third-order valence-corrected chi connectivity index (χ3v) is 3.83. The molecule has 106 valence electrons. The highest BCUT2D eigenvalue weighted by molar-refractivity contribution is 9.10. The van der Waals surface area contributed by atoms with E-state index in [0.29, 0.717) is 12.5 Å². The number of hydrogen-bond donors (Lipinski definition) is 1. The van der Waals surface area contributed by atoms with Crippen molar-refractivity contribution in [2.75, 3.05) is 0 Å². The molecule has 2 rings (SSSR count). The van der Waals surface area contributed by atoms with Crippen LogP contribution in [0.5, 0.6) is 11.5 Å². The van der Waals surface area contributed by atoms with Crippen molar-refractivity contribution in [2.24, 2.45) is 5.73 Å². The summed E-state index contributed by atoms with van der Waals surface area (Å²) in [5.41, 5.74) is 9.36. The Labute approximate surface area is 129 Å². The normalized spacial score (nSPS) is 10.9. The highest BCUT2D eigenvalue weighted by atomic mass is 79.9. The van der Waals surface area contributed by atoms with Crippen molar-refractivity contribution in [1.82, 2.24) is 0 Å². The molecule has 0 saturated heterocycles. The molecule has 0 aliphatic heterocycles. The SMILES string of the molecule is Cc1cc(Oc2ccc(Br)cc2CN)ccc1C(C)C. The summed E-state index contributed by atoms with van der Waals surface area (Å²) in [7, 11) is 0. The lowest BCUT2D eigenvalue weighted by atomic mass is 9.98. The van der Waals surface area contributed by atoms with Crippen LogP contribution in [0.3, 0.4) is 0 Å². The first-order chi connectivity index (χ1) is 9.51. The molecule has 0 unspecified atom stereocenters. The minimum atomic E-state index is 0.456. The Morgan fingerprint density at radius 3 is 2.50 bits per heavy atom. The minimum absolute atomic E-state index is 0.456. The standard InChI is InChI=1S/C17H20BrNO/c1-11(2)16-6-5-15(8-12(16)3)20-17-7-4-14(18)9-13(17)10-19/h4-9,11H,10,19H2,1-3H3. The number of aryl methyl sites for hydroxylation is 1. The highest BCUT2D eigenvalue weighted by Gasteiger charge is 2.08. The summed E-state index contributed by atoms with van der Waals surface area (Å²) in [4.78, 5) is 0. The molecule has 20 heavy (non-hydrogen) atoms. The molecular formula is C17H20BrNO. The van der Waals surface area contributed by atoms with E-state index in [1.54, 1.807) is 0 Å². The fourth-order valence-electron chi connectivity index (χ4n) is 2.29. The number of hydrogen-bond acceptors (Lipinski definition) is 2. The van der Waals surface area contributed by atoms with Crippen LogP contribution in [-0.2, 0) is 6.54 Å². The van der Waals surface area contributed by atoms with Gasteiger partial charge in [0.1, 0.15) is 11.5 Å². The summed E-state index contributed by atoms with van der Waals surface area (Å²) >= 11 is 3.45. The predicted octanol–water partition coefficient (Wildman–Crippen LogP) is 5.13. The van der Waals surface area contributed by atoms with Crippen molar-refractivity contribution in [3.05, 3.63) is 57.6 Å². The quantitative estimate of drug-likeness (QED) is 0.841. The van der Waals surface area contributed by atoms with Gasteiger partial charge in [0.2, 0.25) is 0 Å². The van der Waals surface area contributed by atoms with Crippen LogP contribution < -0.4 is 10.5 Å². The monoisotopic (exact) mass is 333 g/mol. The van der Waals surface area contributed by atoms with Gasteiger partial charge in [0.15, 0.2) is 0 Å². The first kappa shape index (κ1) is 15.1. The maximum atomic E-state index is 5.97. The highest BCUT2D eigenvalue weighted by Crippen LogP contribution is 2.30. The van der Waals surface area contributed by atoms with Crippen molar-refractivity contribution in [3.63, 3.8) is 0 Å². The van der Waals surface area contributed by atoms with Gasteiger partial charge in [-0.1, -0.05) is 35.8 Å². The molecule has 0 aromatic heterocycles. The lowest BCUT2D eigenvalue weighted by molar-refractivity contribution is 0.475. The Balaban J connectivity index is 2.28. The van der Waals surface area contributed by atoms with Crippen molar-refractivity contribution >= 4 is 15.9 Å². The Kier molecular flexibility index (Phi) is 4.84. The van der Waals surface area contributed by atoms with E-state index in [1.807, 2.05) is 24.3 Å². The summed E-state index contributed by atoms with van der Waals surface area (Å²) in [5, 5.41) is 0. The molecule has 0 amide bonds. The third kappa shape index (κ3) is 3.41. The van der Waals surface area contributed by atoms with Gasteiger partial charge in [-0.3, -0.25) is 0 Å². The van der Waals surface area contributed by atoms with Crippen molar-refractivity contribution < 1.29 is 4.74 Å². The van der Waals surface area contributed by atoms with E-state index in [1.165, 1.54) is 11.1 Å². The molecule has 0 aliphatic rings. The zero-order chi connectivity index (χ0) is 14.7. The lowest BCUT2D eigenvalue weighted by Crippen LogP contribution is -2.00. The van der Waals surface area contributed by atoms with Crippen molar-refractivity contribution in [1.29, 1.82) is 0 Å². The van der Waals surface area contributed by atoms with Crippen LogP contribution in [0.25, 0.3) is 0 Å². The average molecular weight is 334 g/mol. The van der Waals surface area contributed by atoms with E-state index < -0.39 is 0 Å². The fourth-order valence-corrected chi connectivity index (χ4v) is 2.70. The Morgan fingerprint density at radius 1 is 1.15 bits per heavy atom. The van der Waals surface area contributed by atoms with Gasteiger partial charge in [-0.05, 0) is 54.3 Å². The molecule has 0 fully saturated rings. The minimum Gasteiger partial charge on any atom is -0.457 e. The molecular weight excluding hydrogens is 314 g/mol. The van der Waals surface area contributed by atoms with Gasteiger partial charge in [0.25, 0.3) is 0 Å². The number of ether oxygens (including phenoxy) is 1. The van der Waals surface area contributed by atoms with E-state index in [9.17, 15) is 0 Å². The largest absolute Gasteiger partial charge is 0.457 e. The second kappa shape index (κ2) is 6.42. The van der Waals surface area contributed by atoms with E-state index in [4.69, 9.17) is 10.5 Å². The molecule has 0 bridgehead atoms. The van der Waals surface area contributed by atoms with Gasteiger partial charge < -0.3 is 10.5 Å².